The summed E-state index contributed by atoms with van der Waals surface area (Å²) in [5, 5.41) is 5.45. The number of nitrogens with zero attached hydrogens (tertiary/aromatic N) is 4. The zero-order valence-electron chi connectivity index (χ0n) is 15.7. The van der Waals surface area contributed by atoms with Crippen molar-refractivity contribution in [2.24, 2.45) is 0 Å². The number of aromatic nitrogens is 4. The summed E-state index contributed by atoms with van der Waals surface area (Å²) < 4.78 is 4.63. The number of hydrogen-bond donors (Lipinski definition) is 2. The fourth-order valence-electron chi connectivity index (χ4n) is 3.83. The van der Waals surface area contributed by atoms with Gasteiger partial charge < -0.3 is 9.80 Å². The Hall–Kier alpha value is -1.80. The molecule has 1 saturated heterocycles. The van der Waals surface area contributed by atoms with Gasteiger partial charge in [-0.15, -0.1) is 5.10 Å². The molecule has 1 aliphatic heterocycles. The zero-order valence-corrected chi connectivity index (χ0v) is 17.3. The summed E-state index contributed by atoms with van der Waals surface area (Å²) in [6.07, 6.45) is 0. The summed E-state index contributed by atoms with van der Waals surface area (Å²) >= 11 is 11.6. The fourth-order valence-corrected chi connectivity index (χ4v) is 4.29. The van der Waals surface area contributed by atoms with Gasteiger partial charge in [-0.3, -0.25) is 4.40 Å². The van der Waals surface area contributed by atoms with E-state index in [-0.39, 0.29) is 0 Å². The third-order valence-electron chi connectivity index (χ3n) is 5.27. The molecule has 2 N–H and O–H groups in total. The van der Waals surface area contributed by atoms with E-state index >= 15 is 0 Å². The minimum atomic E-state index is 0.698. The number of benzene rings is 1. The van der Waals surface area contributed by atoms with Crippen LogP contribution in [-0.4, -0.2) is 45.3 Å². The highest BCUT2D eigenvalue weighted by Gasteiger charge is 2.24. The van der Waals surface area contributed by atoms with Crippen molar-refractivity contribution < 1.29 is 9.80 Å². The maximum Gasteiger partial charge on any atom is 0.254 e. The first-order valence-corrected chi connectivity index (χ1v) is 10.1. The number of quaternary nitrogens is 2. The van der Waals surface area contributed by atoms with Crippen LogP contribution in [0.15, 0.2) is 30.3 Å². The van der Waals surface area contributed by atoms with Crippen molar-refractivity contribution in [1.82, 2.24) is 19.2 Å². The number of rotatable bonds is 4. The molecular formula is C19H25ClN6S+2. The van der Waals surface area contributed by atoms with Crippen LogP contribution in [0.4, 0.5) is 0 Å². The Morgan fingerprint density at radius 3 is 2.44 bits per heavy atom. The predicted molar refractivity (Wildman–Crippen MR) is 108 cm³/mol. The van der Waals surface area contributed by atoms with Crippen LogP contribution in [0.1, 0.15) is 17.0 Å². The molecular weight excluding hydrogens is 380 g/mol. The van der Waals surface area contributed by atoms with E-state index in [2.05, 4.69) is 29.1 Å². The van der Waals surface area contributed by atoms with Crippen LogP contribution in [-0.2, 0) is 13.2 Å². The SMILES string of the molecule is Cc1cc(C)n2c(=S)n(C[NH+]3CC[NH+](Cc4ccc(Cl)cc4)CC3)nc2n1. The van der Waals surface area contributed by atoms with E-state index in [0.29, 0.717) is 5.78 Å². The Bertz CT molecular complexity index is 1000. The molecule has 8 heteroatoms. The van der Waals surface area contributed by atoms with Crippen molar-refractivity contribution in [3.8, 4) is 0 Å². The molecule has 0 radical (unpaired) electrons. The lowest BCUT2D eigenvalue weighted by molar-refractivity contribution is -1.03. The average molecular weight is 405 g/mol. The molecule has 1 aromatic carbocycles. The van der Waals surface area contributed by atoms with Gasteiger partial charge in [0, 0.05) is 22.0 Å². The van der Waals surface area contributed by atoms with Crippen LogP contribution in [0, 0.1) is 18.6 Å². The van der Waals surface area contributed by atoms with E-state index in [9.17, 15) is 0 Å². The van der Waals surface area contributed by atoms with Crippen LogP contribution in [0.2, 0.25) is 5.02 Å². The van der Waals surface area contributed by atoms with Crippen molar-refractivity contribution in [1.29, 1.82) is 0 Å². The third-order valence-corrected chi connectivity index (χ3v) is 5.92. The molecule has 0 aliphatic carbocycles. The van der Waals surface area contributed by atoms with Crippen molar-refractivity contribution >= 4 is 29.6 Å². The molecule has 4 rings (SSSR count). The number of aryl methyl sites for hydroxylation is 2. The molecule has 0 amide bonds. The van der Waals surface area contributed by atoms with Crippen molar-refractivity contribution in [3.05, 3.63) is 57.1 Å². The summed E-state index contributed by atoms with van der Waals surface area (Å²) in [5.74, 6) is 0.698. The Balaban J connectivity index is 1.40. The van der Waals surface area contributed by atoms with Crippen LogP contribution in [0.25, 0.3) is 5.78 Å². The monoisotopic (exact) mass is 404 g/mol. The topological polar surface area (TPSA) is 44.0 Å². The minimum Gasteiger partial charge on any atom is -0.322 e. The lowest BCUT2D eigenvalue weighted by atomic mass is 10.2. The van der Waals surface area contributed by atoms with Gasteiger partial charge in [0.1, 0.15) is 32.7 Å². The first kappa shape index (κ1) is 18.6. The highest BCUT2D eigenvalue weighted by Crippen LogP contribution is 2.08. The second-order valence-corrected chi connectivity index (χ2v) is 8.22. The second-order valence-electron chi connectivity index (χ2n) is 7.42. The molecule has 1 fully saturated rings. The summed E-state index contributed by atoms with van der Waals surface area (Å²) in [4.78, 5) is 7.65. The molecule has 3 heterocycles. The molecule has 0 unspecified atom stereocenters. The summed E-state index contributed by atoms with van der Waals surface area (Å²) in [6.45, 7) is 10.4. The number of piperazine rings is 1. The summed E-state index contributed by atoms with van der Waals surface area (Å²) in [5.41, 5.74) is 3.40. The summed E-state index contributed by atoms with van der Waals surface area (Å²) in [7, 11) is 0. The Labute approximate surface area is 169 Å². The number of hydrogen-bond acceptors (Lipinski definition) is 3. The van der Waals surface area contributed by atoms with E-state index in [1.165, 1.54) is 10.5 Å². The standard InChI is InChI=1S/C19H23ClN6S/c1-14-11-15(2)26-18(21-14)22-25(19(26)27)13-24-9-7-23(8-10-24)12-16-3-5-17(20)6-4-16/h3-6,11H,7-10,12-13H2,1-2H3/p+2. The predicted octanol–water partition coefficient (Wildman–Crippen LogP) is 0.472. The lowest BCUT2D eigenvalue weighted by Gasteiger charge is -2.29. The van der Waals surface area contributed by atoms with Crippen LogP contribution in [0.3, 0.4) is 0 Å². The van der Waals surface area contributed by atoms with Crippen LogP contribution in [0.5, 0.6) is 0 Å². The minimum absolute atomic E-state index is 0.698. The van der Waals surface area contributed by atoms with E-state index in [4.69, 9.17) is 23.8 Å². The smallest absolute Gasteiger partial charge is 0.254 e. The molecule has 6 nitrogen and oxygen atoms in total. The quantitative estimate of drug-likeness (QED) is 0.621. The van der Waals surface area contributed by atoms with Gasteiger partial charge in [-0.2, -0.15) is 4.68 Å². The van der Waals surface area contributed by atoms with Crippen LogP contribution < -0.4 is 9.80 Å². The molecule has 2 aromatic heterocycles. The first-order chi connectivity index (χ1) is 13.0. The van der Waals surface area contributed by atoms with Gasteiger partial charge >= 0.3 is 0 Å². The fraction of sp³-hybridized carbons (Fsp3) is 0.421. The Morgan fingerprint density at radius 2 is 1.74 bits per heavy atom. The highest BCUT2D eigenvalue weighted by atomic mass is 35.5. The van der Waals surface area contributed by atoms with Crippen molar-refractivity contribution in [2.45, 2.75) is 27.1 Å². The maximum atomic E-state index is 5.98. The number of nitrogens with one attached hydrogen (secondary N) is 2. The molecule has 0 atom stereocenters. The first-order valence-electron chi connectivity index (χ1n) is 9.35. The van der Waals surface area contributed by atoms with E-state index in [1.54, 1.807) is 4.90 Å². The van der Waals surface area contributed by atoms with Gasteiger partial charge in [0.15, 0.2) is 6.67 Å². The van der Waals surface area contributed by atoms with Gasteiger partial charge in [-0.05, 0) is 44.3 Å². The molecule has 142 valence electrons. The Kier molecular flexibility index (Phi) is 5.27. The zero-order chi connectivity index (χ0) is 19.0. The second kappa shape index (κ2) is 7.67. The van der Waals surface area contributed by atoms with Gasteiger partial charge in [-0.25, -0.2) is 4.98 Å². The number of fused-ring (bicyclic) bond motifs is 1. The average Bonchev–Trinajstić information content (AvgIpc) is 2.94. The molecule has 1 aliphatic rings. The van der Waals surface area contributed by atoms with Gasteiger partial charge in [-0.1, -0.05) is 23.7 Å². The van der Waals surface area contributed by atoms with Gasteiger partial charge in [0.25, 0.3) is 5.78 Å². The summed E-state index contributed by atoms with van der Waals surface area (Å²) in [6, 6.07) is 10.2. The Morgan fingerprint density at radius 1 is 1.07 bits per heavy atom. The van der Waals surface area contributed by atoms with Gasteiger partial charge in [0.05, 0.1) is 0 Å². The van der Waals surface area contributed by atoms with E-state index in [1.807, 2.05) is 34.2 Å². The number of halogens is 1. The molecule has 0 spiro atoms. The lowest BCUT2D eigenvalue weighted by Crippen LogP contribution is -3.27. The van der Waals surface area contributed by atoms with E-state index < -0.39 is 0 Å². The maximum absolute atomic E-state index is 5.98. The van der Waals surface area contributed by atoms with E-state index in [0.717, 1.165) is 60.6 Å². The van der Waals surface area contributed by atoms with Crippen LogP contribution >= 0.6 is 23.8 Å². The largest absolute Gasteiger partial charge is 0.322 e. The molecule has 27 heavy (non-hydrogen) atoms. The molecule has 0 saturated carbocycles. The molecule has 3 aromatic rings. The molecule has 0 bridgehead atoms. The normalized spacial score (nSPS) is 20.3. The van der Waals surface area contributed by atoms with Crippen molar-refractivity contribution in [2.75, 3.05) is 26.2 Å². The van der Waals surface area contributed by atoms with Gasteiger partial charge in [0.2, 0.25) is 4.77 Å². The third kappa shape index (κ3) is 4.06. The van der Waals surface area contributed by atoms with Crippen molar-refractivity contribution in [3.63, 3.8) is 0 Å². The highest BCUT2D eigenvalue weighted by molar-refractivity contribution is 7.71.